The van der Waals surface area contributed by atoms with Crippen molar-refractivity contribution in [2.45, 2.75) is 78.2 Å². The molecular formula is C21H34O. The van der Waals surface area contributed by atoms with Crippen LogP contribution in [0.3, 0.4) is 0 Å². The second kappa shape index (κ2) is 5.10. The number of hydrogen-bond donors (Lipinski definition) is 1. The second-order valence-electron chi connectivity index (χ2n) is 9.41. The summed E-state index contributed by atoms with van der Waals surface area (Å²) in [5, 5.41) is 10.0. The van der Waals surface area contributed by atoms with Crippen LogP contribution in [0.25, 0.3) is 0 Å². The number of rotatable bonds is 1. The van der Waals surface area contributed by atoms with Gasteiger partial charge in [-0.05, 0) is 85.4 Å². The van der Waals surface area contributed by atoms with E-state index >= 15 is 0 Å². The Morgan fingerprint density at radius 2 is 1.86 bits per heavy atom. The van der Waals surface area contributed by atoms with E-state index < -0.39 is 0 Å². The molecule has 0 saturated heterocycles. The van der Waals surface area contributed by atoms with Crippen molar-refractivity contribution in [3.05, 3.63) is 12.2 Å². The molecule has 0 aromatic rings. The molecule has 1 nitrogen and oxygen atoms in total. The van der Waals surface area contributed by atoms with Gasteiger partial charge in [0.25, 0.3) is 0 Å². The predicted octanol–water partition coefficient (Wildman–Crippen LogP) is 5.19. The van der Waals surface area contributed by atoms with Gasteiger partial charge in [0.15, 0.2) is 0 Å². The highest BCUT2D eigenvalue weighted by Crippen LogP contribution is 2.66. The summed E-state index contributed by atoms with van der Waals surface area (Å²) >= 11 is 0. The molecule has 1 heteroatoms. The van der Waals surface area contributed by atoms with Gasteiger partial charge in [-0.2, -0.15) is 0 Å². The standard InChI is InChI=1S/C21H34O/c1-4-14-6-8-18-17-7-5-15-13-16(22)9-11-21(15,3)19(17)10-12-20(14,18)2/h9,11,14-19,22H,4-8,10,12-13H2,1-3H3/t14-,15-,16-,17-,18-,19-,20+,21-/m0/s1. The monoisotopic (exact) mass is 302 g/mol. The molecule has 1 N–H and O–H groups in total. The van der Waals surface area contributed by atoms with E-state index in [1.54, 1.807) is 0 Å². The molecule has 4 aliphatic rings. The topological polar surface area (TPSA) is 20.2 Å². The molecule has 0 aromatic carbocycles. The first-order valence-electron chi connectivity index (χ1n) is 9.86. The molecule has 4 aliphatic carbocycles. The van der Waals surface area contributed by atoms with Gasteiger partial charge in [-0.1, -0.05) is 39.3 Å². The van der Waals surface area contributed by atoms with E-state index in [1.807, 2.05) is 0 Å². The van der Waals surface area contributed by atoms with Crippen LogP contribution in [-0.4, -0.2) is 11.2 Å². The molecule has 4 rings (SSSR count). The minimum Gasteiger partial charge on any atom is -0.389 e. The first kappa shape index (κ1) is 15.2. The van der Waals surface area contributed by atoms with Gasteiger partial charge >= 0.3 is 0 Å². The molecular weight excluding hydrogens is 268 g/mol. The summed E-state index contributed by atoms with van der Waals surface area (Å²) in [4.78, 5) is 0. The lowest BCUT2D eigenvalue weighted by atomic mass is 9.46. The molecule has 0 spiro atoms. The van der Waals surface area contributed by atoms with Crippen molar-refractivity contribution in [1.29, 1.82) is 0 Å². The summed E-state index contributed by atoms with van der Waals surface area (Å²) < 4.78 is 0. The number of fused-ring (bicyclic) bond motifs is 5. The average molecular weight is 303 g/mol. The van der Waals surface area contributed by atoms with Crippen molar-refractivity contribution in [3.8, 4) is 0 Å². The van der Waals surface area contributed by atoms with Crippen molar-refractivity contribution in [2.75, 3.05) is 0 Å². The minimum atomic E-state index is -0.181. The maximum Gasteiger partial charge on any atom is 0.0724 e. The normalized spacial score (nSPS) is 57.1. The Hall–Kier alpha value is -0.300. The molecule has 124 valence electrons. The van der Waals surface area contributed by atoms with E-state index in [-0.39, 0.29) is 6.10 Å². The van der Waals surface area contributed by atoms with E-state index in [0.717, 1.165) is 36.0 Å². The molecule has 0 unspecified atom stereocenters. The number of aliphatic hydroxyl groups excluding tert-OH is 1. The SMILES string of the molecule is CC[C@H]1CC[C@H]2[C@@H]3CC[C@H]4C[C@@H](O)C=C[C@]4(C)[C@H]3CC[C@]12C. The highest BCUT2D eigenvalue weighted by atomic mass is 16.3. The summed E-state index contributed by atoms with van der Waals surface area (Å²) in [6, 6.07) is 0. The first-order chi connectivity index (χ1) is 10.5. The third-order valence-corrected chi connectivity index (χ3v) is 8.86. The number of hydrogen-bond acceptors (Lipinski definition) is 1. The van der Waals surface area contributed by atoms with E-state index in [9.17, 15) is 5.11 Å². The fraction of sp³-hybridized carbons (Fsp3) is 0.905. The van der Waals surface area contributed by atoms with Crippen LogP contribution >= 0.6 is 0 Å². The first-order valence-corrected chi connectivity index (χ1v) is 9.86. The van der Waals surface area contributed by atoms with Crippen molar-refractivity contribution in [1.82, 2.24) is 0 Å². The molecule has 0 aromatic heterocycles. The smallest absolute Gasteiger partial charge is 0.0724 e. The quantitative estimate of drug-likeness (QED) is 0.661. The summed E-state index contributed by atoms with van der Waals surface area (Å²) in [5.74, 6) is 4.52. The van der Waals surface area contributed by atoms with Crippen molar-refractivity contribution >= 4 is 0 Å². The van der Waals surface area contributed by atoms with Crippen molar-refractivity contribution in [3.63, 3.8) is 0 Å². The van der Waals surface area contributed by atoms with Crippen molar-refractivity contribution in [2.24, 2.45) is 40.4 Å². The number of allylic oxidation sites excluding steroid dienone is 1. The zero-order valence-electron chi connectivity index (χ0n) is 14.7. The van der Waals surface area contributed by atoms with Crippen LogP contribution in [0.1, 0.15) is 72.1 Å². The molecule has 0 bridgehead atoms. The van der Waals surface area contributed by atoms with Crippen LogP contribution in [0.15, 0.2) is 12.2 Å². The number of aliphatic hydroxyl groups is 1. The van der Waals surface area contributed by atoms with Crippen LogP contribution in [-0.2, 0) is 0 Å². The van der Waals surface area contributed by atoms with Crippen molar-refractivity contribution < 1.29 is 5.11 Å². The van der Waals surface area contributed by atoms with Gasteiger partial charge in [0.1, 0.15) is 0 Å². The minimum absolute atomic E-state index is 0.181. The Morgan fingerprint density at radius 1 is 1.05 bits per heavy atom. The molecule has 3 fully saturated rings. The Balaban J connectivity index is 1.65. The third-order valence-electron chi connectivity index (χ3n) is 8.86. The Kier molecular flexibility index (Phi) is 3.53. The maximum atomic E-state index is 10.0. The fourth-order valence-corrected chi connectivity index (χ4v) is 7.57. The third kappa shape index (κ3) is 1.93. The lowest BCUT2D eigenvalue weighted by molar-refractivity contribution is -0.0859. The predicted molar refractivity (Wildman–Crippen MR) is 91.4 cm³/mol. The van der Waals surface area contributed by atoms with Crippen LogP contribution in [0.2, 0.25) is 0 Å². The fourth-order valence-electron chi connectivity index (χ4n) is 7.57. The summed E-state index contributed by atoms with van der Waals surface area (Å²) in [5.41, 5.74) is 1.00. The van der Waals surface area contributed by atoms with Gasteiger partial charge in [-0.25, -0.2) is 0 Å². The van der Waals surface area contributed by atoms with Crippen LogP contribution in [0.5, 0.6) is 0 Å². The molecule has 0 heterocycles. The highest BCUT2D eigenvalue weighted by molar-refractivity contribution is 5.17. The molecule has 8 atom stereocenters. The molecule has 0 aliphatic heterocycles. The van der Waals surface area contributed by atoms with Gasteiger partial charge < -0.3 is 5.11 Å². The van der Waals surface area contributed by atoms with E-state index in [4.69, 9.17) is 0 Å². The Bertz CT molecular complexity index is 469. The molecule has 22 heavy (non-hydrogen) atoms. The van der Waals surface area contributed by atoms with Gasteiger partial charge in [-0.15, -0.1) is 0 Å². The van der Waals surface area contributed by atoms with Gasteiger partial charge in [0.05, 0.1) is 6.10 Å². The van der Waals surface area contributed by atoms with Gasteiger partial charge in [0, 0.05) is 0 Å². The molecule has 0 amide bonds. The lowest BCUT2D eigenvalue weighted by Crippen LogP contribution is -2.52. The summed E-state index contributed by atoms with van der Waals surface area (Å²) in [7, 11) is 0. The molecule has 0 radical (unpaired) electrons. The Labute approximate surface area is 136 Å². The second-order valence-corrected chi connectivity index (χ2v) is 9.41. The van der Waals surface area contributed by atoms with Crippen LogP contribution in [0.4, 0.5) is 0 Å². The van der Waals surface area contributed by atoms with E-state index in [1.165, 1.54) is 44.9 Å². The van der Waals surface area contributed by atoms with E-state index in [0.29, 0.717) is 10.8 Å². The zero-order chi connectivity index (χ0) is 15.5. The summed E-state index contributed by atoms with van der Waals surface area (Å²) in [6.45, 7) is 7.56. The van der Waals surface area contributed by atoms with Gasteiger partial charge in [-0.3, -0.25) is 0 Å². The zero-order valence-corrected chi connectivity index (χ0v) is 14.7. The van der Waals surface area contributed by atoms with Crippen LogP contribution < -0.4 is 0 Å². The summed E-state index contributed by atoms with van der Waals surface area (Å²) in [6.07, 6.45) is 15.4. The van der Waals surface area contributed by atoms with Crippen LogP contribution in [0, 0.1) is 40.4 Å². The molecule has 3 saturated carbocycles. The lowest BCUT2D eigenvalue weighted by Gasteiger charge is -2.59. The van der Waals surface area contributed by atoms with E-state index in [2.05, 4.69) is 32.9 Å². The van der Waals surface area contributed by atoms with Gasteiger partial charge in [0.2, 0.25) is 0 Å². The largest absolute Gasteiger partial charge is 0.389 e. The Morgan fingerprint density at radius 3 is 2.64 bits per heavy atom. The maximum absolute atomic E-state index is 10.0. The average Bonchev–Trinajstić information content (AvgIpc) is 2.84. The highest BCUT2D eigenvalue weighted by Gasteiger charge is 2.58.